The molecule has 10 nitrogen and oxygen atoms in total. The number of hydrogen-bond acceptors (Lipinski definition) is 10. The number of carbonyl (C=O) groups is 1. The number of methoxy groups -OCH3 is 1. The Morgan fingerprint density at radius 1 is 1.17 bits per heavy atom. The van der Waals surface area contributed by atoms with E-state index < -0.39 is 12.2 Å². The van der Waals surface area contributed by atoms with Gasteiger partial charge >= 0.3 is 5.97 Å². The van der Waals surface area contributed by atoms with Gasteiger partial charge in [-0.1, -0.05) is 12.1 Å². The SMILES string of the molecule is COc1ccccc1Oc1nc(NCCN(C)C)ncc1C(=O)OC(N)CN(C)C. The fraction of sp³-hybridized carbons (Fsp3) is 0.450. The van der Waals surface area contributed by atoms with Crippen LogP contribution in [0.2, 0.25) is 0 Å². The maximum absolute atomic E-state index is 12.7. The summed E-state index contributed by atoms with van der Waals surface area (Å²) in [7, 11) is 9.14. The molecule has 0 aliphatic heterocycles. The van der Waals surface area contributed by atoms with Gasteiger partial charge in [-0.15, -0.1) is 0 Å². The summed E-state index contributed by atoms with van der Waals surface area (Å²) in [6.07, 6.45) is 0.560. The van der Waals surface area contributed by atoms with E-state index in [0.29, 0.717) is 30.5 Å². The molecule has 3 N–H and O–H groups in total. The van der Waals surface area contributed by atoms with E-state index in [1.807, 2.05) is 44.1 Å². The van der Waals surface area contributed by atoms with Gasteiger partial charge in [-0.05, 0) is 40.3 Å². The van der Waals surface area contributed by atoms with Gasteiger partial charge in [0.2, 0.25) is 11.8 Å². The number of hydrogen-bond donors (Lipinski definition) is 2. The second kappa shape index (κ2) is 11.3. The van der Waals surface area contributed by atoms with E-state index in [0.717, 1.165) is 6.54 Å². The summed E-state index contributed by atoms with van der Waals surface area (Å²) in [6, 6.07) is 7.07. The first-order chi connectivity index (χ1) is 14.3. The molecule has 0 saturated heterocycles. The number of anilines is 1. The molecule has 2 rings (SSSR count). The van der Waals surface area contributed by atoms with Crippen LogP contribution in [0.15, 0.2) is 30.5 Å². The first kappa shape index (κ1) is 23.3. The second-order valence-corrected chi connectivity index (χ2v) is 7.10. The molecule has 0 amide bonds. The van der Waals surface area contributed by atoms with Crippen molar-refractivity contribution < 1.29 is 19.0 Å². The van der Waals surface area contributed by atoms with Crippen LogP contribution in [0, 0.1) is 0 Å². The normalized spacial score (nSPS) is 12.0. The van der Waals surface area contributed by atoms with E-state index in [4.69, 9.17) is 19.9 Å². The highest BCUT2D eigenvalue weighted by molar-refractivity contribution is 5.92. The zero-order valence-corrected chi connectivity index (χ0v) is 18.1. The summed E-state index contributed by atoms with van der Waals surface area (Å²) in [6.45, 7) is 1.79. The highest BCUT2D eigenvalue weighted by atomic mass is 16.6. The van der Waals surface area contributed by atoms with Gasteiger partial charge in [-0.25, -0.2) is 9.78 Å². The van der Waals surface area contributed by atoms with Crippen LogP contribution in [0.25, 0.3) is 0 Å². The van der Waals surface area contributed by atoms with Crippen LogP contribution in [0.5, 0.6) is 17.4 Å². The van der Waals surface area contributed by atoms with Crippen molar-refractivity contribution in [3.05, 3.63) is 36.0 Å². The average molecular weight is 418 g/mol. The van der Waals surface area contributed by atoms with Gasteiger partial charge < -0.3 is 29.3 Å². The third-order valence-electron chi connectivity index (χ3n) is 3.90. The summed E-state index contributed by atoms with van der Waals surface area (Å²) < 4.78 is 16.5. The van der Waals surface area contributed by atoms with E-state index in [-0.39, 0.29) is 11.4 Å². The third-order valence-corrected chi connectivity index (χ3v) is 3.90. The van der Waals surface area contributed by atoms with E-state index in [1.54, 1.807) is 18.2 Å². The summed E-state index contributed by atoms with van der Waals surface area (Å²) >= 11 is 0. The van der Waals surface area contributed by atoms with Gasteiger partial charge in [-0.3, -0.25) is 5.73 Å². The van der Waals surface area contributed by atoms with Crippen molar-refractivity contribution in [2.45, 2.75) is 6.23 Å². The average Bonchev–Trinajstić information content (AvgIpc) is 2.67. The topological polar surface area (TPSA) is 115 Å². The fourth-order valence-corrected chi connectivity index (χ4v) is 2.47. The number of likely N-dealkylation sites (N-methyl/N-ethyl adjacent to an activating group) is 2. The van der Waals surface area contributed by atoms with Crippen LogP contribution < -0.4 is 20.5 Å². The Bertz CT molecular complexity index is 831. The molecular weight excluding hydrogens is 388 g/mol. The summed E-state index contributed by atoms with van der Waals surface area (Å²) in [5.74, 6) is 0.611. The maximum Gasteiger partial charge on any atom is 0.346 e. The largest absolute Gasteiger partial charge is 0.493 e. The van der Waals surface area contributed by atoms with Crippen LogP contribution in [0.3, 0.4) is 0 Å². The lowest BCUT2D eigenvalue weighted by atomic mass is 10.3. The highest BCUT2D eigenvalue weighted by Gasteiger charge is 2.22. The Labute approximate surface area is 176 Å². The van der Waals surface area contributed by atoms with Crippen LogP contribution in [0.4, 0.5) is 5.95 Å². The Balaban J connectivity index is 2.29. The number of para-hydroxylation sites is 2. The Kier molecular flexibility index (Phi) is 8.78. The van der Waals surface area contributed by atoms with Gasteiger partial charge in [0.25, 0.3) is 0 Å². The first-order valence-electron chi connectivity index (χ1n) is 9.48. The number of esters is 1. The molecule has 0 bridgehead atoms. The van der Waals surface area contributed by atoms with Crippen LogP contribution in [0.1, 0.15) is 10.4 Å². The number of carbonyl (C=O) groups excluding carboxylic acids is 1. The number of benzene rings is 1. The maximum atomic E-state index is 12.7. The molecule has 164 valence electrons. The molecule has 0 aliphatic rings. The number of nitrogens with two attached hydrogens (primary N) is 1. The molecule has 1 heterocycles. The minimum Gasteiger partial charge on any atom is -0.493 e. The zero-order valence-electron chi connectivity index (χ0n) is 18.1. The van der Waals surface area contributed by atoms with Gasteiger partial charge in [0.1, 0.15) is 5.56 Å². The molecule has 0 saturated carbocycles. The monoisotopic (exact) mass is 418 g/mol. The lowest BCUT2D eigenvalue weighted by Crippen LogP contribution is -2.37. The number of ether oxygens (including phenoxy) is 3. The lowest BCUT2D eigenvalue weighted by Gasteiger charge is -2.18. The predicted octanol–water partition coefficient (Wildman–Crippen LogP) is 1.25. The third kappa shape index (κ3) is 7.14. The predicted molar refractivity (Wildman–Crippen MR) is 114 cm³/mol. The Morgan fingerprint density at radius 2 is 1.87 bits per heavy atom. The quantitative estimate of drug-likeness (QED) is 0.408. The summed E-state index contributed by atoms with van der Waals surface area (Å²) in [5.41, 5.74) is 5.94. The molecule has 0 spiro atoms. The molecule has 1 unspecified atom stereocenters. The van der Waals surface area contributed by atoms with Gasteiger partial charge in [-0.2, -0.15) is 4.98 Å². The van der Waals surface area contributed by atoms with Crippen molar-refractivity contribution in [2.24, 2.45) is 5.73 Å². The van der Waals surface area contributed by atoms with Crippen LogP contribution in [-0.4, -0.2) is 86.9 Å². The summed E-state index contributed by atoms with van der Waals surface area (Å²) in [5, 5.41) is 3.11. The van der Waals surface area contributed by atoms with Gasteiger partial charge in [0.05, 0.1) is 13.3 Å². The number of aromatic nitrogens is 2. The molecule has 1 aromatic carbocycles. The molecule has 0 aliphatic carbocycles. The molecule has 10 heteroatoms. The molecule has 30 heavy (non-hydrogen) atoms. The Morgan fingerprint density at radius 3 is 2.50 bits per heavy atom. The smallest absolute Gasteiger partial charge is 0.346 e. The van der Waals surface area contributed by atoms with E-state index >= 15 is 0 Å². The number of nitrogens with zero attached hydrogens (tertiary/aromatic N) is 4. The molecule has 0 radical (unpaired) electrons. The lowest BCUT2D eigenvalue weighted by molar-refractivity contribution is 0.0255. The molecule has 1 atom stereocenters. The van der Waals surface area contributed by atoms with Crippen molar-refractivity contribution in [2.75, 3.05) is 60.3 Å². The molecule has 2 aromatic rings. The molecule has 0 fully saturated rings. The van der Waals surface area contributed by atoms with E-state index in [1.165, 1.54) is 13.3 Å². The van der Waals surface area contributed by atoms with E-state index in [9.17, 15) is 4.79 Å². The van der Waals surface area contributed by atoms with Crippen molar-refractivity contribution in [3.8, 4) is 17.4 Å². The standard InChI is InChI=1S/C20H30N6O4/c1-25(2)11-10-22-20-23-12-14(19(27)30-17(21)13-26(3)4)18(24-20)29-16-9-7-6-8-15(16)28-5/h6-9,12,17H,10-11,13,21H2,1-5H3,(H,22,23,24). The minimum atomic E-state index is -0.801. The van der Waals surface area contributed by atoms with E-state index in [2.05, 4.69) is 15.3 Å². The number of rotatable bonds is 11. The van der Waals surface area contributed by atoms with Crippen molar-refractivity contribution >= 4 is 11.9 Å². The minimum absolute atomic E-state index is 0.0453. The van der Waals surface area contributed by atoms with Gasteiger partial charge in [0.15, 0.2) is 17.7 Å². The fourth-order valence-electron chi connectivity index (χ4n) is 2.47. The van der Waals surface area contributed by atoms with Gasteiger partial charge in [0, 0.05) is 19.6 Å². The van der Waals surface area contributed by atoms with Crippen molar-refractivity contribution in [1.82, 2.24) is 19.8 Å². The van der Waals surface area contributed by atoms with Crippen LogP contribution >= 0.6 is 0 Å². The first-order valence-corrected chi connectivity index (χ1v) is 9.48. The van der Waals surface area contributed by atoms with Crippen molar-refractivity contribution in [3.63, 3.8) is 0 Å². The second-order valence-electron chi connectivity index (χ2n) is 7.10. The molecular formula is C20H30N6O4. The zero-order chi connectivity index (χ0) is 22.1. The number of nitrogens with one attached hydrogen (secondary N) is 1. The van der Waals surface area contributed by atoms with Crippen molar-refractivity contribution in [1.29, 1.82) is 0 Å². The highest BCUT2D eigenvalue weighted by Crippen LogP contribution is 2.32. The summed E-state index contributed by atoms with van der Waals surface area (Å²) in [4.78, 5) is 25.1. The molecule has 1 aromatic heterocycles. The van der Waals surface area contributed by atoms with Crippen LogP contribution in [-0.2, 0) is 4.74 Å². The Hall–Kier alpha value is -2.95.